The van der Waals surface area contributed by atoms with Crippen LogP contribution in [0.3, 0.4) is 0 Å². The summed E-state index contributed by atoms with van der Waals surface area (Å²) in [4.78, 5) is 63.8. The molecule has 9 nitrogen and oxygen atoms in total. The summed E-state index contributed by atoms with van der Waals surface area (Å²) < 4.78 is 18.6. The van der Waals surface area contributed by atoms with Gasteiger partial charge in [-0.1, -0.05) is 12.1 Å². The second-order valence-electron chi connectivity index (χ2n) is 7.27. The first-order valence-electron chi connectivity index (χ1n) is 8.87. The molecule has 0 aromatic heterocycles. The lowest BCUT2D eigenvalue weighted by Gasteiger charge is -2.43. The fourth-order valence-corrected chi connectivity index (χ4v) is 3.49. The van der Waals surface area contributed by atoms with Gasteiger partial charge in [0.05, 0.1) is 0 Å². The van der Waals surface area contributed by atoms with E-state index >= 15 is 0 Å². The number of hydrogen-bond acceptors (Lipinski definition) is 6. The molecule has 10 heteroatoms. The van der Waals surface area contributed by atoms with Crippen LogP contribution in [-0.4, -0.2) is 64.4 Å². The van der Waals surface area contributed by atoms with Crippen molar-refractivity contribution in [1.82, 2.24) is 9.80 Å². The Morgan fingerprint density at radius 3 is 2.00 bits per heavy atom. The zero-order chi connectivity index (χ0) is 21.6. The number of amides is 4. The molecule has 29 heavy (non-hydrogen) atoms. The Bertz CT molecular complexity index is 884. The average molecular weight is 406 g/mol. The van der Waals surface area contributed by atoms with Crippen LogP contribution >= 0.6 is 0 Å². The first kappa shape index (κ1) is 20.4. The van der Waals surface area contributed by atoms with Crippen LogP contribution in [0.2, 0.25) is 0 Å². The number of imide groups is 2. The first-order chi connectivity index (χ1) is 13.5. The Hall–Kier alpha value is -3.30. The number of aliphatic carboxylic acids is 1. The molecule has 4 amide bonds. The zero-order valence-corrected chi connectivity index (χ0v) is 15.8. The van der Waals surface area contributed by atoms with Crippen molar-refractivity contribution in [2.24, 2.45) is 5.41 Å². The molecule has 1 saturated carbocycles. The van der Waals surface area contributed by atoms with Gasteiger partial charge in [0.15, 0.2) is 5.41 Å². The van der Waals surface area contributed by atoms with Crippen molar-refractivity contribution in [3.8, 4) is 0 Å². The van der Waals surface area contributed by atoms with Crippen LogP contribution in [0, 0.1) is 11.2 Å². The predicted molar refractivity (Wildman–Crippen MR) is 93.8 cm³/mol. The lowest BCUT2D eigenvalue weighted by molar-refractivity contribution is -0.198. The van der Waals surface area contributed by atoms with Gasteiger partial charge in [0.25, 0.3) is 17.4 Å². The van der Waals surface area contributed by atoms with Crippen molar-refractivity contribution in [1.29, 1.82) is 0 Å². The minimum absolute atomic E-state index is 0.0147. The van der Waals surface area contributed by atoms with Crippen molar-refractivity contribution < 1.29 is 38.2 Å². The Morgan fingerprint density at radius 2 is 1.59 bits per heavy atom. The lowest BCUT2D eigenvalue weighted by Crippen LogP contribution is -2.70. The number of carboxylic acids is 1. The van der Waals surface area contributed by atoms with E-state index in [1.165, 1.54) is 12.1 Å². The highest BCUT2D eigenvalue weighted by Gasteiger charge is 2.62. The average Bonchev–Trinajstić information content (AvgIpc) is 2.64. The summed E-state index contributed by atoms with van der Waals surface area (Å²) in [6.45, 7) is 0. The van der Waals surface area contributed by atoms with Crippen molar-refractivity contribution in [2.45, 2.75) is 31.3 Å². The van der Waals surface area contributed by atoms with Crippen LogP contribution in [0.4, 0.5) is 9.18 Å². The molecule has 1 saturated heterocycles. The Labute approximate surface area is 165 Å². The maximum Gasteiger partial charge on any atom is 0.333 e. The molecular weight excluding hydrogens is 387 g/mol. The third-order valence-electron chi connectivity index (χ3n) is 5.51. The molecule has 1 aromatic rings. The van der Waals surface area contributed by atoms with E-state index < -0.39 is 53.0 Å². The molecule has 0 spiro atoms. The summed E-state index contributed by atoms with van der Waals surface area (Å²) in [6, 6.07) is 3.90. The molecule has 0 bridgehead atoms. The van der Waals surface area contributed by atoms with Gasteiger partial charge in [0.2, 0.25) is 0 Å². The van der Waals surface area contributed by atoms with Gasteiger partial charge in [-0.25, -0.2) is 9.18 Å². The maximum absolute atomic E-state index is 13.3. The first-order valence-corrected chi connectivity index (χ1v) is 8.87. The second-order valence-corrected chi connectivity index (χ2v) is 7.27. The van der Waals surface area contributed by atoms with E-state index in [9.17, 15) is 33.5 Å². The van der Waals surface area contributed by atoms with E-state index in [4.69, 9.17) is 4.74 Å². The van der Waals surface area contributed by atoms with E-state index in [1.807, 2.05) is 0 Å². The van der Waals surface area contributed by atoms with Crippen molar-refractivity contribution >= 4 is 29.8 Å². The summed E-state index contributed by atoms with van der Waals surface area (Å²) in [7, 11) is 2.24. The van der Waals surface area contributed by atoms with Crippen molar-refractivity contribution in [2.75, 3.05) is 14.1 Å². The molecule has 0 unspecified atom stereocenters. The molecule has 1 aliphatic heterocycles. The van der Waals surface area contributed by atoms with Crippen LogP contribution in [0.1, 0.15) is 24.8 Å². The molecule has 0 atom stereocenters. The molecule has 2 aliphatic rings. The number of rotatable bonds is 5. The Kier molecular flexibility index (Phi) is 4.89. The number of ether oxygens (including phenoxy) is 1. The maximum atomic E-state index is 13.3. The molecule has 1 N–H and O–H groups in total. The van der Waals surface area contributed by atoms with E-state index in [1.54, 1.807) is 0 Å². The van der Waals surface area contributed by atoms with E-state index in [0.717, 1.165) is 26.2 Å². The fourth-order valence-electron chi connectivity index (χ4n) is 3.49. The molecule has 1 aliphatic carbocycles. The number of barbiturate groups is 1. The van der Waals surface area contributed by atoms with Gasteiger partial charge in [0, 0.05) is 20.5 Å². The van der Waals surface area contributed by atoms with Crippen LogP contribution in [0.25, 0.3) is 0 Å². The molecule has 2 fully saturated rings. The normalized spacial score (nSPS) is 20.3. The highest BCUT2D eigenvalue weighted by atomic mass is 19.1. The van der Waals surface area contributed by atoms with Gasteiger partial charge in [-0.15, -0.1) is 0 Å². The smallest absolute Gasteiger partial charge is 0.333 e. The number of carbonyl (C=O) groups excluding carboxylic acids is 4. The fraction of sp³-hybridized carbons (Fsp3) is 0.421. The number of carboxylic acid groups (broad SMARTS) is 1. The largest absolute Gasteiger partial charge is 0.480 e. The summed E-state index contributed by atoms with van der Waals surface area (Å²) in [5.74, 6) is -5.36. The van der Waals surface area contributed by atoms with Gasteiger partial charge in [-0.2, -0.15) is 0 Å². The van der Waals surface area contributed by atoms with Crippen molar-refractivity contribution in [3.05, 3.63) is 35.6 Å². The standard InChI is InChI=1S/C19H19FN2O7/c1-21-13(23)19(14(24)22(2)17(21)28,10-11-4-6-12(20)7-5-11)29-16(27)18(15(25)26)8-3-9-18/h4-7H,3,8-10H2,1-2H3,(H,25,26). The topological polar surface area (TPSA) is 121 Å². The number of halogens is 1. The zero-order valence-electron chi connectivity index (χ0n) is 15.8. The number of nitrogens with zero attached hydrogens (tertiary/aromatic N) is 2. The highest BCUT2D eigenvalue weighted by Crippen LogP contribution is 2.44. The molecule has 1 aromatic carbocycles. The predicted octanol–water partition coefficient (Wildman–Crippen LogP) is 0.955. The van der Waals surface area contributed by atoms with Crippen LogP contribution in [-0.2, 0) is 30.3 Å². The molecule has 3 rings (SSSR count). The lowest BCUT2D eigenvalue weighted by atomic mass is 9.68. The summed E-state index contributed by atoms with van der Waals surface area (Å²) >= 11 is 0. The molecular formula is C19H19FN2O7. The number of urea groups is 1. The van der Waals surface area contributed by atoms with Crippen molar-refractivity contribution in [3.63, 3.8) is 0 Å². The molecule has 154 valence electrons. The van der Waals surface area contributed by atoms with Gasteiger partial charge < -0.3 is 9.84 Å². The number of benzene rings is 1. The minimum atomic E-state index is -2.47. The molecule has 0 radical (unpaired) electrons. The van der Waals surface area contributed by atoms with Crippen LogP contribution < -0.4 is 0 Å². The number of carbonyl (C=O) groups is 5. The van der Waals surface area contributed by atoms with E-state index in [2.05, 4.69) is 0 Å². The van der Waals surface area contributed by atoms with Gasteiger partial charge >= 0.3 is 18.0 Å². The Morgan fingerprint density at radius 1 is 1.07 bits per heavy atom. The van der Waals surface area contributed by atoms with E-state index in [0.29, 0.717) is 16.2 Å². The SMILES string of the molecule is CN1C(=O)N(C)C(=O)C(Cc2ccc(F)cc2)(OC(=O)C2(C(=O)O)CCC2)C1=O. The summed E-state index contributed by atoms with van der Waals surface area (Å²) in [5.41, 5.74) is -4.02. The summed E-state index contributed by atoms with van der Waals surface area (Å²) in [6.07, 6.45) is 0.0302. The minimum Gasteiger partial charge on any atom is -0.480 e. The van der Waals surface area contributed by atoms with Crippen LogP contribution in [0.15, 0.2) is 24.3 Å². The third kappa shape index (κ3) is 3.04. The summed E-state index contributed by atoms with van der Waals surface area (Å²) in [5, 5.41) is 9.48. The highest BCUT2D eigenvalue weighted by molar-refractivity contribution is 6.22. The number of hydrogen-bond donors (Lipinski definition) is 1. The third-order valence-corrected chi connectivity index (χ3v) is 5.51. The van der Waals surface area contributed by atoms with Gasteiger partial charge in [-0.05, 0) is 37.0 Å². The number of likely N-dealkylation sites (N-methyl/N-ethyl adjacent to an activating group) is 2. The molecule has 1 heterocycles. The van der Waals surface area contributed by atoms with Gasteiger partial charge in [-0.3, -0.25) is 29.0 Å². The van der Waals surface area contributed by atoms with Crippen LogP contribution in [0.5, 0.6) is 0 Å². The van der Waals surface area contributed by atoms with E-state index in [-0.39, 0.29) is 18.4 Å². The second kappa shape index (κ2) is 6.94. The monoisotopic (exact) mass is 406 g/mol. The Balaban J connectivity index is 2.06. The van der Waals surface area contributed by atoms with Gasteiger partial charge in [0.1, 0.15) is 5.82 Å². The number of esters is 1. The quantitative estimate of drug-likeness (QED) is 0.571.